The number of nitrogens with two attached hydrogens (primary N) is 1. The summed E-state index contributed by atoms with van der Waals surface area (Å²) in [5.41, 5.74) is 0. The Kier molecular flexibility index (Phi) is 28.1. The molecule has 2 N–H and O–H groups in total. The summed E-state index contributed by atoms with van der Waals surface area (Å²) in [5.74, 6) is -1.62. The van der Waals surface area contributed by atoms with Gasteiger partial charge in [-0.15, -0.1) is 0 Å². The van der Waals surface area contributed by atoms with E-state index >= 15 is 0 Å². The van der Waals surface area contributed by atoms with Crippen LogP contribution in [0, 0.1) is 0 Å². The average molecular weight is 606 g/mol. The Bertz CT molecular complexity index is 715. The van der Waals surface area contributed by atoms with E-state index in [9.17, 15) is 18.0 Å². The number of esters is 2. The van der Waals surface area contributed by atoms with Gasteiger partial charge in [0.15, 0.2) is 6.10 Å². The van der Waals surface area contributed by atoms with Crippen molar-refractivity contribution in [2.24, 2.45) is 5.14 Å². The van der Waals surface area contributed by atoms with Gasteiger partial charge in [-0.25, -0.2) is 14.1 Å². The Labute approximate surface area is 252 Å². The van der Waals surface area contributed by atoms with Crippen LogP contribution in [-0.2, 0) is 33.6 Å². The van der Waals surface area contributed by atoms with Gasteiger partial charge in [-0.3, -0.25) is 4.79 Å². The Balaban J connectivity index is 3.92. The van der Waals surface area contributed by atoms with Crippen LogP contribution in [0.3, 0.4) is 0 Å². The standard InChI is InChI=1S/C32H63NO7S/c1-3-5-7-9-11-13-15-17-19-21-23-25-27-38-31(34)29-30(40-41(33,36)37)32(35)39-28-26-24-22-20-18-16-14-12-10-8-6-4-2/h30H,3-29H2,1-2H3,(H2,33,36,37)/t30-/m0/s1. The summed E-state index contributed by atoms with van der Waals surface area (Å²) in [6.07, 6.45) is 26.5. The number of unbranched alkanes of at least 4 members (excludes halogenated alkanes) is 22. The highest BCUT2D eigenvalue weighted by atomic mass is 32.2. The number of carbonyl (C=O) groups is 2. The van der Waals surface area contributed by atoms with Crippen molar-refractivity contribution >= 4 is 22.2 Å². The Morgan fingerprint density at radius 2 is 0.854 bits per heavy atom. The van der Waals surface area contributed by atoms with Crippen LogP contribution in [0.2, 0.25) is 0 Å². The summed E-state index contributed by atoms with van der Waals surface area (Å²) >= 11 is 0. The van der Waals surface area contributed by atoms with Gasteiger partial charge in [-0.05, 0) is 12.8 Å². The molecule has 0 aliphatic carbocycles. The monoisotopic (exact) mass is 605 g/mol. The number of rotatable bonds is 31. The molecular weight excluding hydrogens is 542 g/mol. The van der Waals surface area contributed by atoms with Crippen molar-refractivity contribution in [3.8, 4) is 0 Å². The van der Waals surface area contributed by atoms with E-state index in [1.807, 2.05) is 0 Å². The van der Waals surface area contributed by atoms with Gasteiger partial charge in [0.2, 0.25) is 0 Å². The summed E-state index contributed by atoms with van der Waals surface area (Å²) in [5, 5.41) is 4.94. The Morgan fingerprint density at radius 3 is 1.20 bits per heavy atom. The normalized spacial score (nSPS) is 12.4. The van der Waals surface area contributed by atoms with E-state index in [1.54, 1.807) is 0 Å². The first-order valence-electron chi connectivity index (χ1n) is 16.8. The molecule has 0 aliphatic heterocycles. The molecule has 0 bridgehead atoms. The highest BCUT2D eigenvalue weighted by Crippen LogP contribution is 2.14. The van der Waals surface area contributed by atoms with Crippen molar-refractivity contribution in [3.63, 3.8) is 0 Å². The van der Waals surface area contributed by atoms with Crippen LogP contribution in [0.5, 0.6) is 0 Å². The molecule has 0 fully saturated rings. The molecule has 244 valence electrons. The lowest BCUT2D eigenvalue weighted by Crippen LogP contribution is -2.34. The maximum atomic E-state index is 12.4. The first kappa shape index (κ1) is 39.8. The molecule has 8 nitrogen and oxygen atoms in total. The zero-order valence-corrected chi connectivity index (χ0v) is 27.3. The van der Waals surface area contributed by atoms with Gasteiger partial charge >= 0.3 is 22.2 Å². The smallest absolute Gasteiger partial charge is 0.337 e. The van der Waals surface area contributed by atoms with Crippen LogP contribution in [0.15, 0.2) is 0 Å². The van der Waals surface area contributed by atoms with Crippen molar-refractivity contribution in [2.75, 3.05) is 13.2 Å². The average Bonchev–Trinajstić information content (AvgIpc) is 2.92. The fraction of sp³-hybridized carbons (Fsp3) is 0.938. The lowest BCUT2D eigenvalue weighted by atomic mass is 10.1. The SMILES string of the molecule is CCCCCCCCCCCCCCOC(=O)C[C@H](OS(N)(=O)=O)C(=O)OCCCCCCCCCCCCCC. The minimum absolute atomic E-state index is 0.147. The molecule has 0 rings (SSSR count). The van der Waals surface area contributed by atoms with Gasteiger partial charge in [-0.2, -0.15) is 8.42 Å². The molecular formula is C32H63NO7S. The molecule has 0 amide bonds. The minimum atomic E-state index is -4.43. The summed E-state index contributed by atoms with van der Waals surface area (Å²) < 4.78 is 37.8. The van der Waals surface area contributed by atoms with E-state index in [1.165, 1.54) is 109 Å². The van der Waals surface area contributed by atoms with E-state index in [-0.39, 0.29) is 13.2 Å². The van der Waals surface area contributed by atoms with Crippen LogP contribution in [-0.4, -0.2) is 39.7 Å². The lowest BCUT2D eigenvalue weighted by molar-refractivity contribution is -0.158. The summed E-state index contributed by atoms with van der Waals surface area (Å²) in [6, 6.07) is 0. The summed E-state index contributed by atoms with van der Waals surface area (Å²) in [6.45, 7) is 4.84. The van der Waals surface area contributed by atoms with Gasteiger partial charge in [0.25, 0.3) is 0 Å². The molecule has 1 atom stereocenters. The van der Waals surface area contributed by atoms with Crippen LogP contribution in [0.25, 0.3) is 0 Å². The molecule has 0 aliphatic rings. The Morgan fingerprint density at radius 1 is 0.537 bits per heavy atom. The second-order valence-electron chi connectivity index (χ2n) is 11.4. The van der Waals surface area contributed by atoms with Crippen LogP contribution in [0.1, 0.15) is 174 Å². The maximum absolute atomic E-state index is 12.4. The van der Waals surface area contributed by atoms with E-state index < -0.39 is 34.8 Å². The summed E-state index contributed by atoms with van der Waals surface area (Å²) in [7, 11) is -4.43. The predicted molar refractivity (Wildman–Crippen MR) is 167 cm³/mol. The zero-order chi connectivity index (χ0) is 30.4. The van der Waals surface area contributed by atoms with E-state index in [2.05, 4.69) is 18.0 Å². The van der Waals surface area contributed by atoms with Crippen molar-refractivity contribution in [1.82, 2.24) is 0 Å². The molecule has 0 aromatic rings. The van der Waals surface area contributed by atoms with Gasteiger partial charge in [-0.1, -0.05) is 155 Å². The highest BCUT2D eigenvalue weighted by molar-refractivity contribution is 7.84. The first-order chi connectivity index (χ1) is 19.8. The number of carbonyl (C=O) groups excluding carboxylic acids is 2. The fourth-order valence-electron chi connectivity index (χ4n) is 4.87. The topological polar surface area (TPSA) is 122 Å². The molecule has 9 heteroatoms. The molecule has 0 radical (unpaired) electrons. The van der Waals surface area contributed by atoms with Crippen molar-refractivity contribution in [1.29, 1.82) is 0 Å². The number of hydrogen-bond donors (Lipinski definition) is 1. The van der Waals surface area contributed by atoms with Crippen LogP contribution in [0.4, 0.5) is 0 Å². The predicted octanol–water partition coefficient (Wildman–Crippen LogP) is 8.45. The second-order valence-corrected chi connectivity index (χ2v) is 12.6. The third-order valence-corrected chi connectivity index (χ3v) is 7.87. The molecule has 0 aromatic carbocycles. The van der Waals surface area contributed by atoms with E-state index in [0.717, 1.165) is 38.5 Å². The van der Waals surface area contributed by atoms with Crippen molar-refractivity contribution < 1.29 is 31.7 Å². The van der Waals surface area contributed by atoms with E-state index in [0.29, 0.717) is 6.42 Å². The van der Waals surface area contributed by atoms with Gasteiger partial charge < -0.3 is 9.47 Å². The molecule has 0 heterocycles. The van der Waals surface area contributed by atoms with Crippen LogP contribution >= 0.6 is 0 Å². The molecule has 0 saturated carbocycles. The van der Waals surface area contributed by atoms with Gasteiger partial charge in [0.05, 0.1) is 19.6 Å². The van der Waals surface area contributed by atoms with Gasteiger partial charge in [0.1, 0.15) is 0 Å². The molecule has 0 unspecified atom stereocenters. The third kappa shape index (κ3) is 30.1. The zero-order valence-electron chi connectivity index (χ0n) is 26.5. The van der Waals surface area contributed by atoms with Crippen LogP contribution < -0.4 is 5.14 Å². The minimum Gasteiger partial charge on any atom is -0.466 e. The fourth-order valence-corrected chi connectivity index (χ4v) is 5.34. The van der Waals surface area contributed by atoms with Crippen molar-refractivity contribution in [3.05, 3.63) is 0 Å². The lowest BCUT2D eigenvalue weighted by Gasteiger charge is -2.15. The molecule has 0 saturated heterocycles. The molecule has 0 aromatic heterocycles. The molecule has 41 heavy (non-hydrogen) atoms. The Hall–Kier alpha value is -1.19. The molecule has 0 spiro atoms. The quantitative estimate of drug-likeness (QED) is 0.0621. The third-order valence-electron chi connectivity index (χ3n) is 7.37. The van der Waals surface area contributed by atoms with Crippen molar-refractivity contribution in [2.45, 2.75) is 180 Å². The van der Waals surface area contributed by atoms with E-state index in [4.69, 9.17) is 14.6 Å². The largest absolute Gasteiger partial charge is 0.466 e. The second kappa shape index (κ2) is 28.9. The first-order valence-corrected chi connectivity index (χ1v) is 18.3. The number of hydrogen-bond acceptors (Lipinski definition) is 7. The highest BCUT2D eigenvalue weighted by Gasteiger charge is 2.29. The summed E-state index contributed by atoms with van der Waals surface area (Å²) in [4.78, 5) is 24.6. The number of ether oxygens (including phenoxy) is 2. The maximum Gasteiger partial charge on any atom is 0.337 e. The van der Waals surface area contributed by atoms with Gasteiger partial charge in [0, 0.05) is 0 Å².